The van der Waals surface area contributed by atoms with Crippen LogP contribution in [0.5, 0.6) is 0 Å². The molecule has 0 amide bonds. The number of halogens is 1. The van der Waals surface area contributed by atoms with Crippen molar-refractivity contribution >= 4 is 32.8 Å². The Morgan fingerprint density at radius 2 is 2.27 bits per heavy atom. The zero-order valence-corrected chi connectivity index (χ0v) is 11.1. The fraction of sp³-hybridized carbons (Fsp3) is 0.667. The molecule has 0 saturated carbocycles. The zero-order chi connectivity index (χ0) is 11.5. The van der Waals surface area contributed by atoms with Crippen molar-refractivity contribution in [1.29, 1.82) is 0 Å². The second kappa shape index (κ2) is 5.27. The first-order valence-electron chi connectivity index (χ1n) is 4.64. The highest BCUT2D eigenvalue weighted by molar-refractivity contribution is 7.91. The maximum Gasteiger partial charge on any atom is 0.156 e. The minimum Gasteiger partial charge on any atom is -0.245 e. The summed E-state index contributed by atoms with van der Waals surface area (Å²) < 4.78 is 22.6. The Morgan fingerprint density at radius 3 is 2.80 bits per heavy atom. The van der Waals surface area contributed by atoms with E-state index in [0.29, 0.717) is 10.9 Å². The van der Waals surface area contributed by atoms with Gasteiger partial charge >= 0.3 is 0 Å². The van der Waals surface area contributed by atoms with Gasteiger partial charge in [0.05, 0.1) is 5.69 Å². The fourth-order valence-corrected chi connectivity index (χ4v) is 3.09. The van der Waals surface area contributed by atoms with Gasteiger partial charge in [-0.25, -0.2) is 13.4 Å². The van der Waals surface area contributed by atoms with E-state index in [9.17, 15) is 8.42 Å². The lowest BCUT2D eigenvalue weighted by Crippen LogP contribution is -2.07. The number of thiazole rings is 1. The van der Waals surface area contributed by atoms with Gasteiger partial charge in [-0.3, -0.25) is 0 Å². The highest BCUT2D eigenvalue weighted by atomic mass is 35.5. The molecule has 1 rings (SSSR count). The molecule has 0 aromatic carbocycles. The van der Waals surface area contributed by atoms with Gasteiger partial charge in [0.15, 0.2) is 9.84 Å². The van der Waals surface area contributed by atoms with Crippen LogP contribution in [0.4, 0.5) is 0 Å². The molecule has 0 N–H and O–H groups in total. The van der Waals surface area contributed by atoms with Crippen LogP contribution < -0.4 is 0 Å². The lowest BCUT2D eigenvalue weighted by molar-refractivity contribution is 0.592. The van der Waals surface area contributed by atoms with Crippen molar-refractivity contribution in [3.8, 4) is 0 Å². The molecule has 1 aromatic rings. The smallest absolute Gasteiger partial charge is 0.156 e. The molecule has 0 spiro atoms. The van der Waals surface area contributed by atoms with Crippen LogP contribution in [0.1, 0.15) is 29.3 Å². The predicted octanol–water partition coefficient (Wildman–Crippen LogP) is 2.42. The van der Waals surface area contributed by atoms with Crippen molar-refractivity contribution in [2.24, 2.45) is 0 Å². The van der Waals surface area contributed by atoms with Crippen molar-refractivity contribution in [1.82, 2.24) is 4.98 Å². The molecule has 0 fully saturated rings. The number of aromatic nitrogens is 1. The number of rotatable bonds is 5. The van der Waals surface area contributed by atoms with Crippen LogP contribution in [0.25, 0.3) is 0 Å². The van der Waals surface area contributed by atoms with Crippen molar-refractivity contribution in [3.05, 3.63) is 16.1 Å². The topological polar surface area (TPSA) is 47.0 Å². The Balaban J connectivity index is 2.76. The first-order chi connectivity index (χ1) is 6.95. The Morgan fingerprint density at radius 1 is 1.60 bits per heavy atom. The SMILES string of the molecule is CC(c1nc(CCCCl)cs1)S(C)(=O)=O. The number of nitrogens with zero attached hydrogens (tertiary/aromatic N) is 1. The second-order valence-corrected chi connectivity index (χ2v) is 7.08. The maximum atomic E-state index is 11.3. The van der Waals surface area contributed by atoms with E-state index in [1.165, 1.54) is 17.6 Å². The minimum atomic E-state index is -3.04. The first kappa shape index (κ1) is 12.9. The maximum absolute atomic E-state index is 11.3. The number of alkyl halides is 1. The van der Waals surface area contributed by atoms with Crippen molar-refractivity contribution in [3.63, 3.8) is 0 Å². The highest BCUT2D eigenvalue weighted by Crippen LogP contribution is 2.24. The van der Waals surface area contributed by atoms with Crippen LogP contribution >= 0.6 is 22.9 Å². The van der Waals surface area contributed by atoms with Crippen molar-refractivity contribution in [2.75, 3.05) is 12.1 Å². The minimum absolute atomic E-state index is 0.507. The third-order valence-corrected chi connectivity index (χ3v) is 5.13. The predicted molar refractivity (Wildman–Crippen MR) is 64.4 cm³/mol. The summed E-state index contributed by atoms with van der Waals surface area (Å²) in [5, 5.41) is 2.07. The summed E-state index contributed by atoms with van der Waals surface area (Å²) in [7, 11) is -3.04. The molecule has 1 unspecified atom stereocenters. The van der Waals surface area contributed by atoms with Crippen LogP contribution in [0, 0.1) is 0 Å². The summed E-state index contributed by atoms with van der Waals surface area (Å²) in [4.78, 5) is 4.29. The van der Waals surface area contributed by atoms with Crippen molar-refractivity contribution < 1.29 is 8.42 Å². The normalized spacial score (nSPS) is 14.1. The van der Waals surface area contributed by atoms with Crippen LogP contribution in [0.3, 0.4) is 0 Å². The van der Waals surface area contributed by atoms with Crippen LogP contribution in [-0.2, 0) is 16.3 Å². The Bertz CT molecular complexity index is 414. The summed E-state index contributed by atoms with van der Waals surface area (Å²) in [6.45, 7) is 1.67. The van der Waals surface area contributed by atoms with Gasteiger partial charge < -0.3 is 0 Å². The van der Waals surface area contributed by atoms with Crippen LogP contribution in [0.15, 0.2) is 5.38 Å². The van der Waals surface area contributed by atoms with Gasteiger partial charge in [0.1, 0.15) is 10.3 Å². The van der Waals surface area contributed by atoms with Gasteiger partial charge in [0, 0.05) is 17.5 Å². The zero-order valence-electron chi connectivity index (χ0n) is 8.73. The molecule has 1 heterocycles. The third kappa shape index (κ3) is 3.74. The molecule has 0 aliphatic heterocycles. The average Bonchev–Trinajstić information content (AvgIpc) is 2.60. The molecule has 86 valence electrons. The van der Waals surface area contributed by atoms with Gasteiger partial charge in [0.2, 0.25) is 0 Å². The number of hydrogen-bond donors (Lipinski definition) is 0. The fourth-order valence-electron chi connectivity index (χ4n) is 1.06. The quantitative estimate of drug-likeness (QED) is 0.770. The molecule has 0 aliphatic rings. The summed E-state index contributed by atoms with van der Waals surface area (Å²) >= 11 is 6.97. The van der Waals surface area contributed by atoms with E-state index in [1.807, 2.05) is 5.38 Å². The molecule has 1 aromatic heterocycles. The lowest BCUT2D eigenvalue weighted by atomic mass is 10.3. The Labute approximate surface area is 99.4 Å². The second-order valence-electron chi connectivity index (χ2n) is 3.44. The molecular formula is C9H14ClNO2S2. The molecule has 0 saturated heterocycles. The average molecular weight is 268 g/mol. The van der Waals surface area contributed by atoms with Gasteiger partial charge in [-0.05, 0) is 19.8 Å². The summed E-state index contributed by atoms with van der Waals surface area (Å²) in [5.41, 5.74) is 0.936. The summed E-state index contributed by atoms with van der Waals surface area (Å²) in [5.74, 6) is 0.606. The Kier molecular flexibility index (Phi) is 4.55. The van der Waals surface area contributed by atoms with E-state index < -0.39 is 15.1 Å². The van der Waals surface area contributed by atoms with Gasteiger partial charge in [-0.15, -0.1) is 22.9 Å². The van der Waals surface area contributed by atoms with Gasteiger partial charge in [0.25, 0.3) is 0 Å². The number of sulfone groups is 1. The van der Waals surface area contributed by atoms with Gasteiger partial charge in [-0.2, -0.15) is 0 Å². The van der Waals surface area contributed by atoms with E-state index in [-0.39, 0.29) is 0 Å². The lowest BCUT2D eigenvalue weighted by Gasteiger charge is -2.04. The van der Waals surface area contributed by atoms with E-state index >= 15 is 0 Å². The molecule has 0 bridgehead atoms. The van der Waals surface area contributed by atoms with Gasteiger partial charge in [-0.1, -0.05) is 0 Å². The largest absolute Gasteiger partial charge is 0.245 e. The Hall–Kier alpha value is -0.130. The third-order valence-electron chi connectivity index (χ3n) is 2.13. The molecule has 1 atom stereocenters. The van der Waals surface area contributed by atoms with Crippen molar-refractivity contribution in [2.45, 2.75) is 25.0 Å². The van der Waals surface area contributed by atoms with E-state index in [1.54, 1.807) is 6.92 Å². The monoisotopic (exact) mass is 267 g/mol. The molecule has 0 radical (unpaired) electrons. The number of hydrogen-bond acceptors (Lipinski definition) is 4. The number of aryl methyl sites for hydroxylation is 1. The van der Waals surface area contributed by atoms with Crippen LogP contribution in [0.2, 0.25) is 0 Å². The van der Waals surface area contributed by atoms with E-state index in [2.05, 4.69) is 4.98 Å². The molecule has 0 aliphatic carbocycles. The van der Waals surface area contributed by atoms with E-state index in [0.717, 1.165) is 18.5 Å². The standard InChI is InChI=1S/C9H14ClNO2S2/c1-7(15(2,12)13)9-11-8(6-14-9)4-3-5-10/h6-7H,3-5H2,1-2H3. The molecule has 3 nitrogen and oxygen atoms in total. The molecule has 6 heteroatoms. The highest BCUT2D eigenvalue weighted by Gasteiger charge is 2.20. The summed E-state index contributed by atoms with van der Waals surface area (Å²) in [6.07, 6.45) is 2.92. The molecule has 15 heavy (non-hydrogen) atoms. The van der Waals surface area contributed by atoms with E-state index in [4.69, 9.17) is 11.6 Å². The first-order valence-corrected chi connectivity index (χ1v) is 8.01. The summed E-state index contributed by atoms with van der Waals surface area (Å²) in [6, 6.07) is 0. The van der Waals surface area contributed by atoms with Crippen LogP contribution in [-0.4, -0.2) is 25.5 Å². The molecular weight excluding hydrogens is 254 g/mol.